The molecule has 0 N–H and O–H groups in total. The van der Waals surface area contributed by atoms with Crippen LogP contribution in [-0.4, -0.2) is 10.8 Å². The van der Waals surface area contributed by atoms with Gasteiger partial charge in [0.05, 0.1) is 27.5 Å². The van der Waals surface area contributed by atoms with Gasteiger partial charge in [-0.05, 0) is 42.0 Å². The fourth-order valence-corrected chi connectivity index (χ4v) is 4.34. The van der Waals surface area contributed by atoms with E-state index < -0.39 is 34.0 Å². The predicted octanol–water partition coefficient (Wildman–Crippen LogP) is 6.12. The number of fused-ring (bicyclic) bond motifs is 2. The summed E-state index contributed by atoms with van der Waals surface area (Å²) in [5.41, 5.74) is -2.04. The van der Waals surface area contributed by atoms with Gasteiger partial charge in [-0.15, -0.1) is 0 Å². The molecule has 1 aliphatic heterocycles. The van der Waals surface area contributed by atoms with Crippen molar-refractivity contribution >= 4 is 39.9 Å². The molecule has 0 spiro atoms. The second kappa shape index (κ2) is 7.95. The van der Waals surface area contributed by atoms with Crippen molar-refractivity contribution in [2.75, 3.05) is 4.90 Å². The van der Waals surface area contributed by atoms with Gasteiger partial charge in [0.15, 0.2) is 5.43 Å². The van der Waals surface area contributed by atoms with Crippen LogP contribution in [-0.2, 0) is 6.18 Å². The van der Waals surface area contributed by atoms with Gasteiger partial charge in [0.25, 0.3) is 11.6 Å². The van der Waals surface area contributed by atoms with Crippen LogP contribution in [0, 0.1) is 10.1 Å². The molecule has 0 fully saturated rings. The lowest BCUT2D eigenvalue weighted by Gasteiger charge is -2.25. The van der Waals surface area contributed by atoms with E-state index in [9.17, 15) is 32.9 Å². The van der Waals surface area contributed by atoms with Crippen LogP contribution < -0.4 is 10.3 Å². The molecule has 0 saturated heterocycles. The topological polar surface area (TPSA) is 93.7 Å². The number of alkyl halides is 3. The summed E-state index contributed by atoms with van der Waals surface area (Å²) in [4.78, 5) is 38.7. The SMILES string of the molecule is O=C1c2oc3ccc(Cl)cc3c(=O)c2C(c2cccc([N+](=O)[O-])c2)N1c1cccc(C(F)(F)F)c1. The van der Waals surface area contributed by atoms with E-state index in [0.29, 0.717) is 0 Å². The first-order chi connectivity index (χ1) is 16.6. The van der Waals surface area contributed by atoms with Crippen LogP contribution in [0.1, 0.15) is 33.3 Å². The summed E-state index contributed by atoms with van der Waals surface area (Å²) in [7, 11) is 0. The summed E-state index contributed by atoms with van der Waals surface area (Å²) >= 11 is 6.02. The molecule has 1 unspecified atom stereocenters. The smallest absolute Gasteiger partial charge is 0.416 e. The number of carbonyl (C=O) groups is 1. The van der Waals surface area contributed by atoms with Crippen molar-refractivity contribution in [3.63, 3.8) is 0 Å². The second-order valence-corrected chi connectivity index (χ2v) is 8.23. The monoisotopic (exact) mass is 500 g/mol. The van der Waals surface area contributed by atoms with Crippen LogP contribution in [0.2, 0.25) is 5.02 Å². The zero-order chi connectivity index (χ0) is 25.1. The highest BCUT2D eigenvalue weighted by Crippen LogP contribution is 2.43. The average molecular weight is 501 g/mol. The molecule has 2 heterocycles. The van der Waals surface area contributed by atoms with Gasteiger partial charge < -0.3 is 4.42 Å². The van der Waals surface area contributed by atoms with Crippen molar-refractivity contribution in [3.05, 3.63) is 115 Å². The summed E-state index contributed by atoms with van der Waals surface area (Å²) in [6, 6.07) is 12.2. The zero-order valence-corrected chi connectivity index (χ0v) is 18.1. The molecule has 4 aromatic rings. The van der Waals surface area contributed by atoms with E-state index in [4.69, 9.17) is 16.0 Å². The van der Waals surface area contributed by atoms with Crippen molar-refractivity contribution in [3.8, 4) is 0 Å². The Hall–Kier alpha value is -4.18. The van der Waals surface area contributed by atoms with Crippen LogP contribution in [0.3, 0.4) is 0 Å². The van der Waals surface area contributed by atoms with E-state index in [-0.39, 0.29) is 44.3 Å². The van der Waals surface area contributed by atoms with Gasteiger partial charge in [-0.1, -0.05) is 29.8 Å². The van der Waals surface area contributed by atoms with Crippen molar-refractivity contribution < 1.29 is 27.3 Å². The van der Waals surface area contributed by atoms with Crippen LogP contribution >= 0.6 is 11.6 Å². The number of hydrogen-bond donors (Lipinski definition) is 0. The first-order valence-corrected chi connectivity index (χ1v) is 10.5. The molecule has 3 aromatic carbocycles. The largest absolute Gasteiger partial charge is 0.450 e. The lowest BCUT2D eigenvalue weighted by molar-refractivity contribution is -0.384. The zero-order valence-electron chi connectivity index (χ0n) is 17.4. The molecular formula is C24H12ClF3N2O5. The molecular weight excluding hydrogens is 489 g/mol. The lowest BCUT2D eigenvalue weighted by Crippen LogP contribution is -2.29. The van der Waals surface area contributed by atoms with E-state index in [0.717, 1.165) is 29.2 Å². The van der Waals surface area contributed by atoms with Crippen molar-refractivity contribution in [2.45, 2.75) is 12.2 Å². The molecule has 176 valence electrons. The number of hydrogen-bond acceptors (Lipinski definition) is 5. The first kappa shape index (κ1) is 22.6. The lowest BCUT2D eigenvalue weighted by atomic mass is 9.97. The minimum Gasteiger partial charge on any atom is -0.450 e. The maximum absolute atomic E-state index is 13.5. The van der Waals surface area contributed by atoms with E-state index in [1.165, 1.54) is 42.5 Å². The minimum absolute atomic E-state index is 0.0605. The summed E-state index contributed by atoms with van der Waals surface area (Å²) < 4.78 is 46.0. The van der Waals surface area contributed by atoms with Gasteiger partial charge in [0.1, 0.15) is 5.58 Å². The summed E-state index contributed by atoms with van der Waals surface area (Å²) in [5.74, 6) is -1.22. The molecule has 0 radical (unpaired) electrons. The third-order valence-corrected chi connectivity index (χ3v) is 5.92. The van der Waals surface area contributed by atoms with Gasteiger partial charge in [-0.25, -0.2) is 0 Å². The maximum atomic E-state index is 13.5. The van der Waals surface area contributed by atoms with Crippen molar-refractivity contribution in [2.24, 2.45) is 0 Å². The number of non-ortho nitro benzene ring substituents is 1. The number of nitro groups is 1. The fourth-order valence-electron chi connectivity index (χ4n) is 4.17. The van der Waals surface area contributed by atoms with Crippen molar-refractivity contribution in [1.29, 1.82) is 0 Å². The molecule has 1 atom stereocenters. The molecule has 35 heavy (non-hydrogen) atoms. The van der Waals surface area contributed by atoms with E-state index in [1.807, 2.05) is 0 Å². The Balaban J connectivity index is 1.81. The Bertz CT molecular complexity index is 1600. The molecule has 1 aromatic heterocycles. The van der Waals surface area contributed by atoms with Crippen LogP contribution in [0.4, 0.5) is 24.5 Å². The van der Waals surface area contributed by atoms with Crippen LogP contribution in [0.25, 0.3) is 11.0 Å². The van der Waals surface area contributed by atoms with Gasteiger partial charge >= 0.3 is 6.18 Å². The first-order valence-electron chi connectivity index (χ1n) is 10.1. The fraction of sp³-hybridized carbons (Fsp3) is 0.0833. The molecule has 5 rings (SSSR count). The maximum Gasteiger partial charge on any atom is 0.416 e. The molecule has 0 saturated carbocycles. The standard InChI is InChI=1S/C24H12ClF3N2O5/c25-14-7-8-18-17(11-14)21(31)19-20(12-3-1-6-16(9-12)30(33)34)29(23(32)22(19)35-18)15-5-2-4-13(10-15)24(26,27)28/h1-11,20H. The van der Waals surface area contributed by atoms with E-state index in [1.54, 1.807) is 0 Å². The highest BCUT2D eigenvalue weighted by molar-refractivity contribution is 6.31. The molecule has 7 nitrogen and oxygen atoms in total. The third kappa shape index (κ3) is 3.71. The molecule has 1 aliphatic rings. The number of nitrogens with zero attached hydrogens (tertiary/aromatic N) is 2. The molecule has 0 bridgehead atoms. The number of anilines is 1. The number of benzene rings is 3. The number of halogens is 4. The Morgan fingerprint density at radius 3 is 2.46 bits per heavy atom. The van der Waals surface area contributed by atoms with Crippen LogP contribution in [0.15, 0.2) is 75.9 Å². The van der Waals surface area contributed by atoms with Crippen molar-refractivity contribution in [1.82, 2.24) is 0 Å². The highest BCUT2D eigenvalue weighted by atomic mass is 35.5. The second-order valence-electron chi connectivity index (χ2n) is 7.79. The minimum atomic E-state index is -4.69. The normalized spacial score (nSPS) is 15.5. The number of amides is 1. The Morgan fingerprint density at radius 2 is 1.74 bits per heavy atom. The number of carbonyl (C=O) groups excluding carboxylic acids is 1. The molecule has 0 aliphatic carbocycles. The molecule has 11 heteroatoms. The Morgan fingerprint density at radius 1 is 1.00 bits per heavy atom. The summed E-state index contributed by atoms with van der Waals surface area (Å²) in [6.45, 7) is 0. The highest BCUT2D eigenvalue weighted by Gasteiger charge is 2.44. The van der Waals surface area contributed by atoms with Gasteiger partial charge in [0.2, 0.25) is 5.76 Å². The number of nitro benzene ring substituents is 1. The van der Waals surface area contributed by atoms with E-state index >= 15 is 0 Å². The Labute approximate surface area is 199 Å². The van der Waals surface area contributed by atoms with Gasteiger partial charge in [-0.2, -0.15) is 13.2 Å². The summed E-state index contributed by atoms with van der Waals surface area (Å²) in [5, 5.41) is 11.7. The average Bonchev–Trinajstić information content (AvgIpc) is 3.12. The predicted molar refractivity (Wildman–Crippen MR) is 121 cm³/mol. The van der Waals surface area contributed by atoms with Gasteiger partial charge in [0, 0.05) is 22.8 Å². The van der Waals surface area contributed by atoms with Crippen LogP contribution in [0.5, 0.6) is 0 Å². The van der Waals surface area contributed by atoms with Gasteiger partial charge in [-0.3, -0.25) is 24.6 Å². The summed E-state index contributed by atoms with van der Waals surface area (Å²) in [6.07, 6.45) is -4.69. The third-order valence-electron chi connectivity index (χ3n) is 5.68. The Kier molecular flexibility index (Phi) is 5.13. The molecule has 1 amide bonds. The quantitative estimate of drug-likeness (QED) is 0.249. The number of rotatable bonds is 3. The van der Waals surface area contributed by atoms with E-state index in [2.05, 4.69) is 0 Å².